The van der Waals surface area contributed by atoms with Crippen LogP contribution in [0.4, 0.5) is 0 Å². The van der Waals surface area contributed by atoms with E-state index in [2.05, 4.69) is 26.1 Å². The number of nitrogens with one attached hydrogen (secondary N) is 1. The zero-order valence-electron chi connectivity index (χ0n) is 11.0. The van der Waals surface area contributed by atoms with E-state index in [-0.39, 0.29) is 5.91 Å². The third kappa shape index (κ3) is 2.72. The lowest BCUT2D eigenvalue weighted by atomic mass is 10.1. The van der Waals surface area contributed by atoms with Gasteiger partial charge in [-0.2, -0.15) is 0 Å². The Labute approximate surface area is 125 Å². The van der Waals surface area contributed by atoms with Gasteiger partial charge in [-0.15, -0.1) is 11.3 Å². The van der Waals surface area contributed by atoms with Crippen molar-refractivity contribution in [3.8, 4) is 0 Å². The highest BCUT2D eigenvalue weighted by molar-refractivity contribution is 9.11. The lowest BCUT2D eigenvalue weighted by Crippen LogP contribution is -2.63. The first-order valence-electron chi connectivity index (χ1n) is 6.65. The first-order valence-corrected chi connectivity index (χ1v) is 8.26. The van der Waals surface area contributed by atoms with Gasteiger partial charge in [0.25, 0.3) is 5.91 Å². The second kappa shape index (κ2) is 5.52. The molecule has 0 spiro atoms. The van der Waals surface area contributed by atoms with Gasteiger partial charge in [0.2, 0.25) is 0 Å². The highest BCUT2D eigenvalue weighted by Crippen LogP contribution is 2.29. The SMILES string of the molecule is Cc1cc(C(=O)N2CC(N3CCNCC3)C2)sc1Br. The maximum absolute atomic E-state index is 12.3. The molecule has 0 unspecified atom stereocenters. The normalized spacial score (nSPS) is 21.5. The van der Waals surface area contributed by atoms with Crippen LogP contribution in [-0.4, -0.2) is 61.0 Å². The van der Waals surface area contributed by atoms with Gasteiger partial charge in [-0.25, -0.2) is 0 Å². The van der Waals surface area contributed by atoms with Crippen molar-refractivity contribution in [1.29, 1.82) is 0 Å². The van der Waals surface area contributed by atoms with Crippen molar-refractivity contribution in [2.45, 2.75) is 13.0 Å². The summed E-state index contributed by atoms with van der Waals surface area (Å²) in [6.45, 7) is 8.15. The van der Waals surface area contributed by atoms with Crippen LogP contribution >= 0.6 is 27.3 Å². The number of carbonyl (C=O) groups excluding carboxylic acids is 1. The zero-order chi connectivity index (χ0) is 13.4. The standard InChI is InChI=1S/C13H18BrN3OS/c1-9-6-11(19-12(9)14)13(18)17-7-10(8-17)16-4-2-15-3-5-16/h6,10,15H,2-5,7-8H2,1H3. The van der Waals surface area contributed by atoms with Crippen molar-refractivity contribution in [2.24, 2.45) is 0 Å². The Bertz CT molecular complexity index is 459. The molecule has 1 aromatic heterocycles. The molecule has 1 aromatic rings. The number of nitrogens with zero attached hydrogens (tertiary/aromatic N) is 2. The Hall–Kier alpha value is -0.430. The average molecular weight is 344 g/mol. The maximum atomic E-state index is 12.3. The molecule has 2 aliphatic heterocycles. The maximum Gasteiger partial charge on any atom is 0.264 e. The topological polar surface area (TPSA) is 35.6 Å². The van der Waals surface area contributed by atoms with Crippen LogP contribution in [0.3, 0.4) is 0 Å². The van der Waals surface area contributed by atoms with Crippen molar-refractivity contribution in [1.82, 2.24) is 15.1 Å². The van der Waals surface area contributed by atoms with Crippen LogP contribution in [0.5, 0.6) is 0 Å². The molecular formula is C13H18BrN3OS. The minimum absolute atomic E-state index is 0.185. The number of piperazine rings is 1. The lowest BCUT2D eigenvalue weighted by Gasteiger charge is -2.46. The molecule has 0 aliphatic carbocycles. The Morgan fingerprint density at radius 1 is 1.42 bits per heavy atom. The van der Waals surface area contributed by atoms with Crippen LogP contribution < -0.4 is 5.32 Å². The Morgan fingerprint density at radius 2 is 2.11 bits per heavy atom. The van der Waals surface area contributed by atoms with E-state index in [1.165, 1.54) is 11.3 Å². The molecule has 3 rings (SSSR count). The summed E-state index contributed by atoms with van der Waals surface area (Å²) in [5, 5.41) is 3.36. The van der Waals surface area contributed by atoms with E-state index in [1.54, 1.807) is 0 Å². The van der Waals surface area contributed by atoms with Gasteiger partial charge in [0.05, 0.1) is 8.66 Å². The van der Waals surface area contributed by atoms with E-state index in [1.807, 2.05) is 17.9 Å². The van der Waals surface area contributed by atoms with E-state index in [9.17, 15) is 4.79 Å². The number of hydrogen-bond acceptors (Lipinski definition) is 4. The third-order valence-corrected chi connectivity index (χ3v) is 6.01. The fourth-order valence-electron chi connectivity index (χ4n) is 2.62. The van der Waals surface area contributed by atoms with Crippen molar-refractivity contribution < 1.29 is 4.79 Å². The van der Waals surface area contributed by atoms with Crippen LogP contribution in [-0.2, 0) is 0 Å². The number of halogens is 1. The summed E-state index contributed by atoms with van der Waals surface area (Å²) >= 11 is 5.02. The number of amides is 1. The Morgan fingerprint density at radius 3 is 2.68 bits per heavy atom. The zero-order valence-corrected chi connectivity index (χ0v) is 13.4. The molecule has 4 nitrogen and oxygen atoms in total. The van der Waals surface area contributed by atoms with Gasteiger partial charge in [0.15, 0.2) is 0 Å². The molecule has 0 radical (unpaired) electrons. The van der Waals surface area contributed by atoms with E-state index in [4.69, 9.17) is 0 Å². The fourth-order valence-corrected chi connectivity index (χ4v) is 4.12. The molecule has 6 heteroatoms. The largest absolute Gasteiger partial charge is 0.335 e. The molecule has 0 aromatic carbocycles. The minimum atomic E-state index is 0.185. The number of likely N-dealkylation sites (tertiary alicyclic amines) is 1. The van der Waals surface area contributed by atoms with Gasteiger partial charge in [-0.05, 0) is 34.5 Å². The Kier molecular flexibility index (Phi) is 3.93. The highest BCUT2D eigenvalue weighted by atomic mass is 79.9. The molecule has 19 heavy (non-hydrogen) atoms. The molecule has 0 bridgehead atoms. The number of carbonyl (C=O) groups is 1. The van der Waals surface area contributed by atoms with Crippen molar-refractivity contribution in [3.05, 3.63) is 20.3 Å². The average Bonchev–Trinajstić information content (AvgIpc) is 2.69. The van der Waals surface area contributed by atoms with Gasteiger partial charge in [-0.1, -0.05) is 0 Å². The smallest absolute Gasteiger partial charge is 0.264 e. The van der Waals surface area contributed by atoms with Crippen LogP contribution in [0, 0.1) is 6.92 Å². The number of thiophene rings is 1. The molecule has 2 fully saturated rings. The van der Waals surface area contributed by atoms with Crippen LogP contribution in [0.2, 0.25) is 0 Å². The quantitative estimate of drug-likeness (QED) is 0.884. The summed E-state index contributed by atoms with van der Waals surface area (Å²) in [6, 6.07) is 2.55. The van der Waals surface area contributed by atoms with Gasteiger partial charge in [0, 0.05) is 45.3 Å². The predicted molar refractivity (Wildman–Crippen MR) is 80.9 cm³/mol. The van der Waals surface area contributed by atoms with Crippen LogP contribution in [0.15, 0.2) is 9.85 Å². The third-order valence-electron chi connectivity index (χ3n) is 3.89. The van der Waals surface area contributed by atoms with Gasteiger partial charge >= 0.3 is 0 Å². The summed E-state index contributed by atoms with van der Waals surface area (Å²) in [4.78, 5) is 17.6. The van der Waals surface area contributed by atoms with Crippen molar-refractivity contribution in [3.63, 3.8) is 0 Å². The van der Waals surface area contributed by atoms with E-state index in [0.29, 0.717) is 6.04 Å². The predicted octanol–water partition coefficient (Wildman–Crippen LogP) is 1.55. The summed E-state index contributed by atoms with van der Waals surface area (Å²) in [6.07, 6.45) is 0. The van der Waals surface area contributed by atoms with E-state index in [0.717, 1.165) is 53.5 Å². The highest BCUT2D eigenvalue weighted by Gasteiger charge is 2.35. The first kappa shape index (κ1) is 13.5. The molecule has 0 atom stereocenters. The second-order valence-corrected chi connectivity index (χ2v) is 7.59. The first-order chi connectivity index (χ1) is 9.15. The van der Waals surface area contributed by atoms with Crippen LogP contribution in [0.25, 0.3) is 0 Å². The van der Waals surface area contributed by atoms with Crippen LogP contribution in [0.1, 0.15) is 15.2 Å². The van der Waals surface area contributed by atoms with E-state index >= 15 is 0 Å². The molecule has 3 heterocycles. The molecular weight excluding hydrogens is 326 g/mol. The monoisotopic (exact) mass is 343 g/mol. The van der Waals surface area contributed by atoms with Gasteiger partial charge in [0.1, 0.15) is 0 Å². The summed E-state index contributed by atoms with van der Waals surface area (Å²) < 4.78 is 1.06. The summed E-state index contributed by atoms with van der Waals surface area (Å²) in [5.74, 6) is 0.185. The fraction of sp³-hybridized carbons (Fsp3) is 0.615. The Balaban J connectivity index is 1.56. The molecule has 1 N–H and O–H groups in total. The van der Waals surface area contributed by atoms with E-state index < -0.39 is 0 Å². The summed E-state index contributed by atoms with van der Waals surface area (Å²) in [5.41, 5.74) is 1.15. The number of aryl methyl sites for hydroxylation is 1. The molecule has 0 saturated carbocycles. The molecule has 1 amide bonds. The van der Waals surface area contributed by atoms with Crippen molar-refractivity contribution in [2.75, 3.05) is 39.3 Å². The number of rotatable bonds is 2. The minimum Gasteiger partial charge on any atom is -0.335 e. The molecule has 2 aliphatic rings. The molecule has 2 saturated heterocycles. The van der Waals surface area contributed by atoms with Crippen molar-refractivity contribution >= 4 is 33.2 Å². The summed E-state index contributed by atoms with van der Waals surface area (Å²) in [7, 11) is 0. The number of hydrogen-bond donors (Lipinski definition) is 1. The van der Waals surface area contributed by atoms with Gasteiger partial charge in [-0.3, -0.25) is 9.69 Å². The lowest BCUT2D eigenvalue weighted by molar-refractivity contribution is 0.0231. The molecule has 104 valence electrons. The second-order valence-electron chi connectivity index (χ2n) is 5.22. The van der Waals surface area contributed by atoms with Gasteiger partial charge < -0.3 is 10.2 Å².